The van der Waals surface area contributed by atoms with Crippen molar-refractivity contribution in [3.05, 3.63) is 41.4 Å². The molecule has 1 aromatic heterocycles. The predicted molar refractivity (Wildman–Crippen MR) is 96.8 cm³/mol. The van der Waals surface area contributed by atoms with Crippen LogP contribution in [0, 0.1) is 0 Å². The Hall–Kier alpha value is -3.00. The molecule has 1 amide bonds. The lowest BCUT2D eigenvalue weighted by atomic mass is 10.2. The van der Waals surface area contributed by atoms with Crippen LogP contribution in [0.1, 0.15) is 6.92 Å². The Balaban J connectivity index is 1.74. The SMILES string of the molecule is COc1cc(NC(=O)[C@H](C)On2nnc3ccc(Cl)cc32)cc(OC)c1. The highest BCUT2D eigenvalue weighted by Crippen LogP contribution is 2.26. The van der Waals surface area contributed by atoms with Gasteiger partial charge in [-0.15, -0.1) is 5.10 Å². The Bertz CT molecular complexity index is 921. The van der Waals surface area contributed by atoms with Crippen LogP contribution in [0.2, 0.25) is 5.02 Å². The Morgan fingerprint density at radius 3 is 2.50 bits per heavy atom. The molecular formula is C17H17ClN4O4. The second-order valence-electron chi connectivity index (χ2n) is 5.43. The van der Waals surface area contributed by atoms with E-state index >= 15 is 0 Å². The van der Waals surface area contributed by atoms with Gasteiger partial charge in [0.25, 0.3) is 5.91 Å². The van der Waals surface area contributed by atoms with Gasteiger partial charge in [0.2, 0.25) is 6.10 Å². The minimum Gasteiger partial charge on any atom is -0.497 e. The van der Waals surface area contributed by atoms with Gasteiger partial charge in [-0.3, -0.25) is 4.79 Å². The fraction of sp³-hybridized carbons (Fsp3) is 0.235. The molecular weight excluding hydrogens is 360 g/mol. The van der Waals surface area contributed by atoms with E-state index < -0.39 is 6.10 Å². The van der Waals surface area contributed by atoms with E-state index in [4.69, 9.17) is 25.9 Å². The molecule has 2 aromatic carbocycles. The number of fused-ring (bicyclic) bond motifs is 1. The zero-order valence-corrected chi connectivity index (χ0v) is 15.1. The average Bonchev–Trinajstić information content (AvgIpc) is 3.03. The van der Waals surface area contributed by atoms with Gasteiger partial charge in [-0.2, -0.15) is 0 Å². The number of aromatic nitrogens is 3. The second kappa shape index (κ2) is 7.49. The Labute approximate surface area is 154 Å². The van der Waals surface area contributed by atoms with Gasteiger partial charge in [-0.05, 0) is 30.3 Å². The third-order valence-corrected chi connectivity index (χ3v) is 3.86. The van der Waals surface area contributed by atoms with Crippen molar-refractivity contribution in [2.24, 2.45) is 0 Å². The summed E-state index contributed by atoms with van der Waals surface area (Å²) in [6.45, 7) is 1.60. The molecule has 0 spiro atoms. The molecule has 0 aliphatic rings. The van der Waals surface area contributed by atoms with E-state index in [1.54, 1.807) is 43.3 Å². The van der Waals surface area contributed by atoms with Crippen molar-refractivity contribution in [2.75, 3.05) is 19.5 Å². The quantitative estimate of drug-likeness (QED) is 0.711. The lowest BCUT2D eigenvalue weighted by Crippen LogP contribution is -2.35. The summed E-state index contributed by atoms with van der Waals surface area (Å²) < 4.78 is 10.4. The van der Waals surface area contributed by atoms with E-state index in [0.29, 0.717) is 33.2 Å². The summed E-state index contributed by atoms with van der Waals surface area (Å²) >= 11 is 5.98. The summed E-state index contributed by atoms with van der Waals surface area (Å²) in [4.78, 5) is 19.2. The fourth-order valence-electron chi connectivity index (χ4n) is 2.27. The van der Waals surface area contributed by atoms with Crippen LogP contribution < -0.4 is 19.6 Å². The molecule has 1 N–H and O–H groups in total. The number of carbonyl (C=O) groups excluding carboxylic acids is 1. The minimum atomic E-state index is -0.837. The smallest absolute Gasteiger partial charge is 0.267 e. The molecule has 0 aliphatic carbocycles. The number of benzene rings is 2. The zero-order valence-electron chi connectivity index (χ0n) is 14.4. The summed E-state index contributed by atoms with van der Waals surface area (Å²) in [5.41, 5.74) is 1.70. The van der Waals surface area contributed by atoms with Crippen LogP contribution >= 0.6 is 11.6 Å². The molecule has 0 saturated heterocycles. The molecule has 26 heavy (non-hydrogen) atoms. The molecule has 3 rings (SSSR count). The van der Waals surface area contributed by atoms with Crippen LogP contribution in [0.5, 0.6) is 11.5 Å². The van der Waals surface area contributed by atoms with Gasteiger partial charge in [0.1, 0.15) is 22.5 Å². The molecule has 0 aliphatic heterocycles. The van der Waals surface area contributed by atoms with E-state index in [-0.39, 0.29) is 5.91 Å². The summed E-state index contributed by atoms with van der Waals surface area (Å²) in [5.74, 6) is 0.751. The van der Waals surface area contributed by atoms with Crippen LogP contribution in [0.4, 0.5) is 5.69 Å². The van der Waals surface area contributed by atoms with E-state index in [1.165, 1.54) is 19.1 Å². The number of hydrogen-bond acceptors (Lipinski definition) is 6. The molecule has 0 saturated carbocycles. The van der Waals surface area contributed by atoms with Gasteiger partial charge in [0, 0.05) is 28.9 Å². The molecule has 8 nitrogen and oxygen atoms in total. The Kier molecular flexibility index (Phi) is 5.13. The summed E-state index contributed by atoms with van der Waals surface area (Å²) in [7, 11) is 3.07. The monoisotopic (exact) mass is 376 g/mol. The van der Waals surface area contributed by atoms with E-state index in [9.17, 15) is 4.79 Å². The van der Waals surface area contributed by atoms with Crippen LogP contribution in [0.25, 0.3) is 11.0 Å². The Morgan fingerprint density at radius 2 is 1.85 bits per heavy atom. The number of amides is 1. The molecule has 0 unspecified atom stereocenters. The van der Waals surface area contributed by atoms with Gasteiger partial charge in [-0.1, -0.05) is 16.4 Å². The van der Waals surface area contributed by atoms with Crippen LogP contribution in [0.15, 0.2) is 36.4 Å². The lowest BCUT2D eigenvalue weighted by Gasteiger charge is -2.15. The van der Waals surface area contributed by atoms with Crippen molar-refractivity contribution in [3.63, 3.8) is 0 Å². The fourth-order valence-corrected chi connectivity index (χ4v) is 2.44. The third kappa shape index (κ3) is 3.80. The maximum Gasteiger partial charge on any atom is 0.267 e. The molecule has 0 radical (unpaired) electrons. The molecule has 0 bridgehead atoms. The van der Waals surface area contributed by atoms with E-state index in [2.05, 4.69) is 15.6 Å². The van der Waals surface area contributed by atoms with Crippen LogP contribution in [0.3, 0.4) is 0 Å². The first kappa shape index (κ1) is 17.8. The van der Waals surface area contributed by atoms with Crippen molar-refractivity contribution in [1.29, 1.82) is 0 Å². The van der Waals surface area contributed by atoms with Crippen LogP contribution in [-0.4, -0.2) is 41.4 Å². The molecule has 1 heterocycles. The molecule has 3 aromatic rings. The third-order valence-electron chi connectivity index (χ3n) is 3.62. The summed E-state index contributed by atoms with van der Waals surface area (Å²) in [5, 5.41) is 11.1. The number of rotatable bonds is 6. The number of halogens is 1. The number of ether oxygens (including phenoxy) is 2. The first-order valence-electron chi connectivity index (χ1n) is 7.72. The number of hydrogen-bond donors (Lipinski definition) is 1. The van der Waals surface area contributed by atoms with E-state index in [0.717, 1.165) is 0 Å². The number of carbonyl (C=O) groups is 1. The summed E-state index contributed by atoms with van der Waals surface area (Å²) in [6.07, 6.45) is -0.837. The minimum absolute atomic E-state index is 0.369. The number of methoxy groups -OCH3 is 2. The molecule has 1 atom stereocenters. The normalized spacial score (nSPS) is 11.8. The zero-order chi connectivity index (χ0) is 18.7. The molecule has 9 heteroatoms. The van der Waals surface area contributed by atoms with Crippen molar-refractivity contribution in [1.82, 2.24) is 15.2 Å². The molecule has 0 fully saturated rings. The largest absolute Gasteiger partial charge is 0.497 e. The number of nitrogens with zero attached hydrogens (tertiary/aromatic N) is 3. The Morgan fingerprint density at radius 1 is 1.15 bits per heavy atom. The van der Waals surface area contributed by atoms with Crippen molar-refractivity contribution < 1.29 is 19.1 Å². The highest BCUT2D eigenvalue weighted by Gasteiger charge is 2.18. The first-order chi connectivity index (χ1) is 12.5. The standard InChI is InChI=1S/C17H17ClN4O4/c1-10(26-22-16-6-11(18)4-5-15(16)20-21-22)17(23)19-12-7-13(24-2)9-14(8-12)25-3/h4-10H,1-3H3,(H,19,23)/t10-/m0/s1. The second-order valence-corrected chi connectivity index (χ2v) is 5.87. The first-order valence-corrected chi connectivity index (χ1v) is 8.10. The van der Waals surface area contributed by atoms with Crippen LogP contribution in [-0.2, 0) is 4.79 Å². The number of nitrogens with one attached hydrogen (secondary N) is 1. The topological polar surface area (TPSA) is 87.5 Å². The van der Waals surface area contributed by atoms with Gasteiger partial charge in [0.05, 0.1) is 14.2 Å². The average molecular weight is 377 g/mol. The van der Waals surface area contributed by atoms with Crippen molar-refractivity contribution in [3.8, 4) is 11.5 Å². The van der Waals surface area contributed by atoms with E-state index in [1.807, 2.05) is 0 Å². The highest BCUT2D eigenvalue weighted by atomic mass is 35.5. The van der Waals surface area contributed by atoms with Gasteiger partial charge >= 0.3 is 0 Å². The van der Waals surface area contributed by atoms with Gasteiger partial charge < -0.3 is 19.6 Å². The molecule has 136 valence electrons. The number of anilines is 1. The maximum atomic E-state index is 12.4. The van der Waals surface area contributed by atoms with Crippen molar-refractivity contribution >= 4 is 34.2 Å². The lowest BCUT2D eigenvalue weighted by molar-refractivity contribution is -0.127. The van der Waals surface area contributed by atoms with Gasteiger partial charge in [0.15, 0.2) is 0 Å². The van der Waals surface area contributed by atoms with Crippen molar-refractivity contribution in [2.45, 2.75) is 13.0 Å². The predicted octanol–water partition coefficient (Wildman–Crippen LogP) is 2.56. The highest BCUT2D eigenvalue weighted by molar-refractivity contribution is 6.31. The maximum absolute atomic E-state index is 12.4. The van der Waals surface area contributed by atoms with Gasteiger partial charge in [-0.25, -0.2) is 0 Å². The summed E-state index contributed by atoms with van der Waals surface area (Å²) in [6, 6.07) is 10.2.